The molecular weight excluding hydrogens is 438 g/mol. The molecule has 0 aliphatic heterocycles. The second-order valence-corrected chi connectivity index (χ2v) is 9.98. The Morgan fingerprint density at radius 3 is 2.44 bits per heavy atom. The van der Waals surface area contributed by atoms with Crippen LogP contribution in [0.1, 0.15) is 28.8 Å². The molecule has 32 heavy (non-hydrogen) atoms. The summed E-state index contributed by atoms with van der Waals surface area (Å²) in [5.74, 6) is 0.804. The predicted octanol–water partition coefficient (Wildman–Crippen LogP) is 6.19. The van der Waals surface area contributed by atoms with Crippen molar-refractivity contribution >= 4 is 56.5 Å². The van der Waals surface area contributed by atoms with Crippen molar-refractivity contribution in [2.75, 3.05) is 10.6 Å². The highest BCUT2D eigenvalue weighted by Gasteiger charge is 2.29. The molecule has 5 rings (SSSR count). The summed E-state index contributed by atoms with van der Waals surface area (Å²) in [5.41, 5.74) is 4.10. The average molecular weight is 460 g/mol. The lowest BCUT2D eigenvalue weighted by atomic mass is 10.1. The van der Waals surface area contributed by atoms with E-state index in [9.17, 15) is 9.59 Å². The SMILES string of the molecule is O=C(Nc1cccc(NC(=O)C2CC2)c1)c1ccc(CSc2nc3ccccc3s2)cc1. The highest BCUT2D eigenvalue weighted by atomic mass is 32.2. The minimum absolute atomic E-state index is 0.0489. The maximum Gasteiger partial charge on any atom is 0.255 e. The van der Waals surface area contributed by atoms with Crippen LogP contribution in [-0.2, 0) is 10.5 Å². The molecule has 4 aromatic rings. The average Bonchev–Trinajstić information content (AvgIpc) is 3.58. The molecule has 1 saturated carbocycles. The number of anilines is 2. The highest BCUT2D eigenvalue weighted by Crippen LogP contribution is 2.32. The number of nitrogens with zero attached hydrogens (tertiary/aromatic N) is 1. The minimum atomic E-state index is -0.180. The van der Waals surface area contributed by atoms with E-state index in [1.165, 1.54) is 4.70 Å². The number of carbonyl (C=O) groups is 2. The third-order valence-corrected chi connectivity index (χ3v) is 7.44. The Hall–Kier alpha value is -3.16. The lowest BCUT2D eigenvalue weighted by Crippen LogP contribution is -2.14. The number of carbonyl (C=O) groups excluding carboxylic acids is 2. The first-order valence-electron chi connectivity index (χ1n) is 10.4. The summed E-state index contributed by atoms with van der Waals surface area (Å²) in [4.78, 5) is 29.2. The largest absolute Gasteiger partial charge is 0.326 e. The van der Waals surface area contributed by atoms with Gasteiger partial charge in [-0.2, -0.15) is 0 Å². The molecule has 7 heteroatoms. The number of hydrogen-bond acceptors (Lipinski definition) is 5. The molecule has 1 aliphatic carbocycles. The van der Waals surface area contributed by atoms with E-state index in [1.54, 1.807) is 29.2 Å². The Morgan fingerprint density at radius 1 is 0.938 bits per heavy atom. The van der Waals surface area contributed by atoms with Crippen LogP contribution in [0.3, 0.4) is 0 Å². The normalized spacial score (nSPS) is 13.1. The predicted molar refractivity (Wildman–Crippen MR) is 131 cm³/mol. The molecule has 1 aromatic heterocycles. The second kappa shape index (κ2) is 9.14. The van der Waals surface area contributed by atoms with Crippen LogP contribution in [0.2, 0.25) is 0 Å². The van der Waals surface area contributed by atoms with Crippen LogP contribution in [0.5, 0.6) is 0 Å². The molecule has 2 N–H and O–H groups in total. The number of fused-ring (bicyclic) bond motifs is 1. The quantitative estimate of drug-likeness (QED) is 0.323. The maximum atomic E-state index is 12.6. The molecule has 0 bridgehead atoms. The van der Waals surface area contributed by atoms with Crippen LogP contribution in [0.25, 0.3) is 10.2 Å². The standard InChI is InChI=1S/C25H21N3O2S2/c29-23(26-19-4-3-5-20(14-19)27-24(30)18-12-13-18)17-10-8-16(9-11-17)15-31-25-28-21-6-1-2-7-22(21)32-25/h1-11,14,18H,12-13,15H2,(H,26,29)(H,27,30). The van der Waals surface area contributed by atoms with Crippen molar-refractivity contribution in [1.29, 1.82) is 0 Å². The Labute approximate surface area is 194 Å². The third kappa shape index (κ3) is 5.00. The van der Waals surface area contributed by atoms with Gasteiger partial charge in [-0.25, -0.2) is 4.98 Å². The molecule has 1 fully saturated rings. The number of nitrogens with one attached hydrogen (secondary N) is 2. The van der Waals surface area contributed by atoms with Crippen molar-refractivity contribution in [3.8, 4) is 0 Å². The minimum Gasteiger partial charge on any atom is -0.326 e. The van der Waals surface area contributed by atoms with Gasteiger partial charge in [0.2, 0.25) is 5.91 Å². The zero-order chi connectivity index (χ0) is 21.9. The van der Waals surface area contributed by atoms with Crippen LogP contribution in [-0.4, -0.2) is 16.8 Å². The van der Waals surface area contributed by atoms with Gasteiger partial charge in [0, 0.05) is 28.6 Å². The van der Waals surface area contributed by atoms with Gasteiger partial charge in [0.1, 0.15) is 0 Å². The van der Waals surface area contributed by atoms with Gasteiger partial charge in [-0.3, -0.25) is 9.59 Å². The second-order valence-electron chi connectivity index (χ2n) is 7.73. The third-order valence-electron chi connectivity index (χ3n) is 5.19. The van der Waals surface area contributed by atoms with Crippen molar-refractivity contribution in [1.82, 2.24) is 4.98 Å². The van der Waals surface area contributed by atoms with Gasteiger partial charge >= 0.3 is 0 Å². The van der Waals surface area contributed by atoms with E-state index in [2.05, 4.69) is 21.7 Å². The topological polar surface area (TPSA) is 71.1 Å². The van der Waals surface area contributed by atoms with Crippen LogP contribution in [0.15, 0.2) is 77.1 Å². The highest BCUT2D eigenvalue weighted by molar-refractivity contribution is 8.00. The Bertz CT molecular complexity index is 1250. The first kappa shape index (κ1) is 20.7. The van der Waals surface area contributed by atoms with E-state index < -0.39 is 0 Å². The molecule has 0 unspecified atom stereocenters. The Morgan fingerprint density at radius 2 is 1.69 bits per heavy atom. The van der Waals surface area contributed by atoms with Crippen LogP contribution in [0, 0.1) is 5.92 Å². The summed E-state index contributed by atoms with van der Waals surface area (Å²) in [6.07, 6.45) is 1.91. The molecular formula is C25H21N3O2S2. The Kier molecular flexibility index (Phi) is 5.92. The van der Waals surface area contributed by atoms with E-state index in [0.29, 0.717) is 16.9 Å². The molecule has 1 aliphatic rings. The van der Waals surface area contributed by atoms with Gasteiger partial charge in [0.05, 0.1) is 10.2 Å². The summed E-state index contributed by atoms with van der Waals surface area (Å²) in [6.45, 7) is 0. The van der Waals surface area contributed by atoms with Gasteiger partial charge in [-0.05, 0) is 60.9 Å². The summed E-state index contributed by atoms with van der Waals surface area (Å²) in [6, 6.07) is 23.0. The van der Waals surface area contributed by atoms with Gasteiger partial charge in [-0.1, -0.05) is 42.1 Å². The molecule has 0 radical (unpaired) electrons. The van der Waals surface area contributed by atoms with Gasteiger partial charge < -0.3 is 10.6 Å². The molecule has 1 heterocycles. The van der Waals surface area contributed by atoms with Crippen molar-refractivity contribution in [2.24, 2.45) is 5.92 Å². The van der Waals surface area contributed by atoms with E-state index >= 15 is 0 Å². The van der Waals surface area contributed by atoms with Gasteiger partial charge in [0.25, 0.3) is 5.91 Å². The van der Waals surface area contributed by atoms with Crippen molar-refractivity contribution in [2.45, 2.75) is 22.9 Å². The summed E-state index contributed by atoms with van der Waals surface area (Å²) >= 11 is 3.40. The number of para-hydroxylation sites is 1. The molecule has 0 atom stereocenters. The molecule has 3 aromatic carbocycles. The fraction of sp³-hybridized carbons (Fsp3) is 0.160. The summed E-state index contributed by atoms with van der Waals surface area (Å²) in [7, 11) is 0. The molecule has 5 nitrogen and oxygen atoms in total. The van der Waals surface area contributed by atoms with E-state index in [1.807, 2.05) is 60.7 Å². The number of thiazole rings is 1. The number of thioether (sulfide) groups is 1. The van der Waals surface area contributed by atoms with Crippen molar-refractivity contribution < 1.29 is 9.59 Å². The fourth-order valence-corrected chi connectivity index (χ4v) is 5.30. The lowest BCUT2D eigenvalue weighted by Gasteiger charge is -2.09. The zero-order valence-corrected chi connectivity index (χ0v) is 18.8. The molecule has 0 saturated heterocycles. The number of hydrogen-bond donors (Lipinski definition) is 2. The summed E-state index contributed by atoms with van der Waals surface area (Å²) in [5, 5.41) is 5.81. The maximum absolute atomic E-state index is 12.6. The smallest absolute Gasteiger partial charge is 0.255 e. The summed E-state index contributed by atoms with van der Waals surface area (Å²) < 4.78 is 2.24. The van der Waals surface area contributed by atoms with Gasteiger partial charge in [0.15, 0.2) is 4.34 Å². The van der Waals surface area contributed by atoms with E-state index in [0.717, 1.165) is 34.0 Å². The lowest BCUT2D eigenvalue weighted by molar-refractivity contribution is -0.117. The van der Waals surface area contributed by atoms with E-state index in [-0.39, 0.29) is 17.7 Å². The first-order valence-corrected chi connectivity index (χ1v) is 12.2. The Balaban J connectivity index is 1.18. The molecule has 160 valence electrons. The first-order chi connectivity index (χ1) is 15.6. The number of aromatic nitrogens is 1. The van der Waals surface area contributed by atoms with Crippen LogP contribution in [0.4, 0.5) is 11.4 Å². The number of amides is 2. The van der Waals surface area contributed by atoms with Crippen LogP contribution < -0.4 is 10.6 Å². The molecule has 0 spiro atoms. The van der Waals surface area contributed by atoms with E-state index in [4.69, 9.17) is 0 Å². The fourth-order valence-electron chi connectivity index (χ4n) is 3.28. The monoisotopic (exact) mass is 459 g/mol. The zero-order valence-electron chi connectivity index (χ0n) is 17.2. The van der Waals surface area contributed by atoms with Crippen LogP contribution >= 0.6 is 23.1 Å². The number of benzene rings is 3. The van der Waals surface area contributed by atoms with Crippen molar-refractivity contribution in [3.63, 3.8) is 0 Å². The van der Waals surface area contributed by atoms with Gasteiger partial charge in [-0.15, -0.1) is 11.3 Å². The van der Waals surface area contributed by atoms with Crippen molar-refractivity contribution in [3.05, 3.63) is 83.9 Å². The number of rotatable bonds is 7. The molecule has 2 amide bonds.